The molecule has 0 spiro atoms. The van der Waals surface area contributed by atoms with Crippen LogP contribution in [0.25, 0.3) is 21.9 Å². The SMILES string of the molecule is OC1(c2ccc3ccccc3c2-c2ccccc2)C2CC3CC(C2)CC1C3. The van der Waals surface area contributed by atoms with Crippen LogP contribution in [0.1, 0.15) is 37.7 Å². The summed E-state index contributed by atoms with van der Waals surface area (Å²) in [7, 11) is 0. The van der Waals surface area contributed by atoms with Crippen molar-refractivity contribution in [3.8, 4) is 11.1 Å². The van der Waals surface area contributed by atoms with Gasteiger partial charge >= 0.3 is 0 Å². The van der Waals surface area contributed by atoms with Gasteiger partial charge in [-0.05, 0) is 83.2 Å². The number of rotatable bonds is 2. The highest BCUT2D eigenvalue weighted by molar-refractivity contribution is 5.98. The van der Waals surface area contributed by atoms with Gasteiger partial charge in [0.2, 0.25) is 0 Å². The molecule has 0 aromatic heterocycles. The molecule has 0 atom stereocenters. The van der Waals surface area contributed by atoms with Crippen LogP contribution >= 0.6 is 0 Å². The molecule has 0 radical (unpaired) electrons. The zero-order valence-corrected chi connectivity index (χ0v) is 15.6. The Balaban J connectivity index is 1.62. The van der Waals surface area contributed by atoms with Gasteiger partial charge in [-0.1, -0.05) is 66.7 Å². The van der Waals surface area contributed by atoms with E-state index in [1.54, 1.807) is 0 Å². The fourth-order valence-corrected chi connectivity index (χ4v) is 6.86. The molecule has 3 aromatic carbocycles. The number of fused-ring (bicyclic) bond motifs is 1. The minimum absolute atomic E-state index is 0.428. The smallest absolute Gasteiger partial charge is 0.0959 e. The van der Waals surface area contributed by atoms with Gasteiger partial charge in [-0.2, -0.15) is 0 Å². The predicted octanol–water partition coefficient (Wildman–Crippen LogP) is 6.15. The lowest BCUT2D eigenvalue weighted by atomic mass is 9.48. The molecule has 0 heterocycles. The average molecular weight is 354 g/mol. The molecule has 4 bridgehead atoms. The Labute approximate surface area is 161 Å². The Morgan fingerprint density at radius 1 is 0.667 bits per heavy atom. The maximum Gasteiger partial charge on any atom is 0.0959 e. The van der Waals surface area contributed by atoms with Crippen molar-refractivity contribution in [2.24, 2.45) is 23.7 Å². The third kappa shape index (κ3) is 2.21. The Hall–Kier alpha value is -2.12. The third-order valence-electron chi connectivity index (χ3n) is 7.81. The predicted molar refractivity (Wildman–Crippen MR) is 110 cm³/mol. The largest absolute Gasteiger partial charge is 0.385 e. The van der Waals surface area contributed by atoms with E-state index in [9.17, 15) is 5.11 Å². The van der Waals surface area contributed by atoms with E-state index in [4.69, 9.17) is 0 Å². The number of hydrogen-bond acceptors (Lipinski definition) is 1. The van der Waals surface area contributed by atoms with Gasteiger partial charge in [0, 0.05) is 0 Å². The maximum atomic E-state index is 12.3. The molecule has 136 valence electrons. The quantitative estimate of drug-likeness (QED) is 0.585. The van der Waals surface area contributed by atoms with E-state index in [0.29, 0.717) is 11.8 Å². The average Bonchev–Trinajstić information content (AvgIpc) is 2.71. The summed E-state index contributed by atoms with van der Waals surface area (Å²) in [5.74, 6) is 2.57. The lowest BCUT2D eigenvalue weighted by molar-refractivity contribution is -0.179. The van der Waals surface area contributed by atoms with Crippen LogP contribution in [0, 0.1) is 23.7 Å². The number of aliphatic hydroxyl groups is 1. The van der Waals surface area contributed by atoms with Crippen LogP contribution in [-0.2, 0) is 5.60 Å². The molecule has 0 unspecified atom stereocenters. The van der Waals surface area contributed by atoms with Gasteiger partial charge in [0.05, 0.1) is 5.60 Å². The first-order chi connectivity index (χ1) is 13.2. The summed E-state index contributed by atoms with van der Waals surface area (Å²) in [4.78, 5) is 0. The van der Waals surface area contributed by atoms with Gasteiger partial charge in [0.15, 0.2) is 0 Å². The van der Waals surface area contributed by atoms with E-state index in [2.05, 4.69) is 66.7 Å². The summed E-state index contributed by atoms with van der Waals surface area (Å²) < 4.78 is 0. The van der Waals surface area contributed by atoms with Crippen molar-refractivity contribution in [1.82, 2.24) is 0 Å². The molecule has 3 aromatic rings. The summed E-state index contributed by atoms with van der Waals surface area (Å²) in [6.45, 7) is 0. The first-order valence-electron chi connectivity index (χ1n) is 10.5. The molecule has 4 aliphatic rings. The first kappa shape index (κ1) is 15.9. The Bertz CT molecular complexity index is 975. The fourth-order valence-electron chi connectivity index (χ4n) is 6.86. The Morgan fingerprint density at radius 2 is 1.30 bits per heavy atom. The molecule has 0 amide bonds. The topological polar surface area (TPSA) is 20.2 Å². The number of benzene rings is 3. The number of hydrogen-bond donors (Lipinski definition) is 1. The van der Waals surface area contributed by atoms with E-state index in [1.165, 1.54) is 59.6 Å². The van der Waals surface area contributed by atoms with Crippen molar-refractivity contribution in [2.45, 2.75) is 37.7 Å². The lowest BCUT2D eigenvalue weighted by Gasteiger charge is -2.59. The maximum absolute atomic E-state index is 12.3. The van der Waals surface area contributed by atoms with Crippen molar-refractivity contribution in [2.75, 3.05) is 0 Å². The molecular formula is C26H26O. The normalized spacial score (nSPS) is 34.3. The van der Waals surface area contributed by atoms with Crippen LogP contribution in [-0.4, -0.2) is 5.11 Å². The van der Waals surface area contributed by atoms with Crippen LogP contribution in [0.3, 0.4) is 0 Å². The highest BCUT2D eigenvalue weighted by atomic mass is 16.3. The summed E-state index contributed by atoms with van der Waals surface area (Å²) in [5, 5.41) is 14.8. The van der Waals surface area contributed by atoms with Crippen LogP contribution < -0.4 is 0 Å². The van der Waals surface area contributed by atoms with Gasteiger partial charge in [-0.25, -0.2) is 0 Å². The molecule has 4 saturated carbocycles. The molecule has 7 rings (SSSR count). The molecule has 4 aliphatic carbocycles. The van der Waals surface area contributed by atoms with Crippen LogP contribution in [0.5, 0.6) is 0 Å². The minimum Gasteiger partial charge on any atom is -0.385 e. The molecule has 0 saturated heterocycles. The van der Waals surface area contributed by atoms with E-state index in [-0.39, 0.29) is 0 Å². The molecule has 1 N–H and O–H groups in total. The van der Waals surface area contributed by atoms with E-state index >= 15 is 0 Å². The molecule has 1 nitrogen and oxygen atoms in total. The van der Waals surface area contributed by atoms with Crippen molar-refractivity contribution >= 4 is 10.8 Å². The van der Waals surface area contributed by atoms with E-state index in [1.807, 2.05) is 0 Å². The second kappa shape index (κ2) is 5.69. The highest BCUT2D eigenvalue weighted by Gasteiger charge is 2.57. The zero-order valence-electron chi connectivity index (χ0n) is 15.6. The van der Waals surface area contributed by atoms with Crippen molar-refractivity contribution < 1.29 is 5.11 Å². The highest BCUT2D eigenvalue weighted by Crippen LogP contribution is 2.63. The van der Waals surface area contributed by atoms with Crippen molar-refractivity contribution in [1.29, 1.82) is 0 Å². The fraction of sp³-hybridized carbons (Fsp3) is 0.385. The van der Waals surface area contributed by atoms with Crippen LogP contribution in [0.4, 0.5) is 0 Å². The summed E-state index contributed by atoms with van der Waals surface area (Å²) in [5.41, 5.74) is 3.00. The van der Waals surface area contributed by atoms with Gasteiger partial charge in [-0.3, -0.25) is 0 Å². The van der Waals surface area contributed by atoms with Gasteiger partial charge < -0.3 is 5.11 Å². The summed E-state index contributed by atoms with van der Waals surface area (Å²) in [6.07, 6.45) is 6.26. The van der Waals surface area contributed by atoms with E-state index < -0.39 is 5.60 Å². The summed E-state index contributed by atoms with van der Waals surface area (Å²) in [6, 6.07) is 23.8. The second-order valence-corrected chi connectivity index (χ2v) is 9.21. The lowest BCUT2D eigenvalue weighted by Crippen LogP contribution is -2.55. The van der Waals surface area contributed by atoms with Crippen LogP contribution in [0.2, 0.25) is 0 Å². The molecule has 1 heteroatoms. The standard InChI is InChI=1S/C26H26O/c27-26(21-13-17-12-18(15-21)16-22(26)14-17)24-11-10-19-6-4-5-9-23(19)25(24)20-7-2-1-3-8-20/h1-11,17-18,21-22,27H,12-16H2. The third-order valence-corrected chi connectivity index (χ3v) is 7.81. The summed E-state index contributed by atoms with van der Waals surface area (Å²) >= 11 is 0. The molecule has 4 fully saturated rings. The molecule has 0 aliphatic heterocycles. The van der Waals surface area contributed by atoms with Crippen molar-refractivity contribution in [3.63, 3.8) is 0 Å². The molecule has 27 heavy (non-hydrogen) atoms. The van der Waals surface area contributed by atoms with Gasteiger partial charge in [0.1, 0.15) is 0 Å². The van der Waals surface area contributed by atoms with E-state index in [0.717, 1.165) is 11.8 Å². The van der Waals surface area contributed by atoms with Gasteiger partial charge in [0.25, 0.3) is 0 Å². The first-order valence-corrected chi connectivity index (χ1v) is 10.5. The van der Waals surface area contributed by atoms with Gasteiger partial charge in [-0.15, -0.1) is 0 Å². The monoisotopic (exact) mass is 354 g/mol. The van der Waals surface area contributed by atoms with Crippen LogP contribution in [0.15, 0.2) is 66.7 Å². The minimum atomic E-state index is -0.664. The second-order valence-electron chi connectivity index (χ2n) is 9.21. The molecular weight excluding hydrogens is 328 g/mol. The Morgan fingerprint density at radius 3 is 2.00 bits per heavy atom. The Kier molecular flexibility index (Phi) is 3.35. The van der Waals surface area contributed by atoms with Crippen molar-refractivity contribution in [3.05, 3.63) is 72.3 Å². The zero-order chi connectivity index (χ0) is 18.0.